The van der Waals surface area contributed by atoms with Gasteiger partial charge in [-0.25, -0.2) is 0 Å². The Kier molecular flexibility index (Phi) is 18.2. The molecule has 5 N–H and O–H groups in total. The summed E-state index contributed by atoms with van der Waals surface area (Å²) in [4.78, 5) is 10.1. The molecule has 23 heavy (non-hydrogen) atoms. The lowest BCUT2D eigenvalue weighted by Gasteiger charge is -2.26. The molecule has 0 aliphatic rings. The molecular formula is C18H42N2O2P+. The van der Waals surface area contributed by atoms with Crippen molar-refractivity contribution in [2.24, 2.45) is 11.5 Å². The fraction of sp³-hybridized carbons (Fsp3) is 0.944. The molecule has 1 atom stereocenters. The number of nitrogens with two attached hydrogens (primary N) is 2. The maximum atomic E-state index is 10.1. The second kappa shape index (κ2) is 16.7. The molecule has 4 nitrogen and oxygen atoms in total. The number of hydrogen-bond acceptors (Lipinski definition) is 3. The zero-order chi connectivity index (χ0) is 18.1. The molecule has 0 heterocycles. The van der Waals surface area contributed by atoms with Gasteiger partial charge in [0.2, 0.25) is 0 Å². The quantitative estimate of drug-likeness (QED) is 0.344. The molecular weight excluding hydrogens is 307 g/mol. The minimum absolute atomic E-state index is 0.496. The number of unbranched alkanes of at least 4 members (excludes halogenated alkanes) is 1. The number of carboxylic acid groups (broad SMARTS) is 1. The van der Waals surface area contributed by atoms with Gasteiger partial charge in [0, 0.05) is 7.26 Å². The second-order valence-electron chi connectivity index (χ2n) is 6.47. The van der Waals surface area contributed by atoms with Crippen molar-refractivity contribution in [2.45, 2.75) is 78.7 Å². The topological polar surface area (TPSA) is 89.3 Å². The monoisotopic (exact) mass is 349 g/mol. The highest BCUT2D eigenvalue weighted by molar-refractivity contribution is 7.75. The molecule has 0 spiro atoms. The van der Waals surface area contributed by atoms with E-state index < -0.39 is 19.3 Å². The van der Waals surface area contributed by atoms with Crippen molar-refractivity contribution < 1.29 is 9.90 Å². The zero-order valence-electron chi connectivity index (χ0n) is 16.0. The average Bonchev–Trinajstić information content (AvgIpc) is 2.49. The van der Waals surface area contributed by atoms with Crippen molar-refractivity contribution in [1.29, 1.82) is 0 Å². The van der Waals surface area contributed by atoms with Crippen LogP contribution in [0.1, 0.15) is 72.6 Å². The van der Waals surface area contributed by atoms with Crippen molar-refractivity contribution in [1.82, 2.24) is 0 Å². The molecule has 5 heteroatoms. The van der Waals surface area contributed by atoms with E-state index in [1.165, 1.54) is 25.7 Å². The van der Waals surface area contributed by atoms with Gasteiger partial charge in [-0.1, -0.05) is 34.1 Å². The Hall–Kier alpha value is -0.180. The lowest BCUT2D eigenvalue weighted by atomic mass is 10.1. The van der Waals surface area contributed by atoms with Crippen molar-refractivity contribution in [3.63, 3.8) is 0 Å². The van der Waals surface area contributed by atoms with Crippen LogP contribution in [0.15, 0.2) is 0 Å². The average molecular weight is 350 g/mol. The van der Waals surface area contributed by atoms with Crippen molar-refractivity contribution in [3.05, 3.63) is 0 Å². The molecule has 0 rings (SSSR count). The molecule has 1 unspecified atom stereocenters. The Morgan fingerprint density at radius 3 is 1.57 bits per heavy atom. The third kappa shape index (κ3) is 13.9. The zero-order valence-corrected chi connectivity index (χ0v) is 16.9. The Labute approximate surface area is 145 Å². The fourth-order valence-corrected chi connectivity index (χ4v) is 8.34. The highest BCUT2D eigenvalue weighted by Crippen LogP contribution is 2.60. The predicted molar refractivity (Wildman–Crippen MR) is 106 cm³/mol. The minimum atomic E-state index is -0.933. The van der Waals surface area contributed by atoms with Gasteiger partial charge in [0.1, 0.15) is 6.04 Å². The Morgan fingerprint density at radius 1 is 0.913 bits per heavy atom. The molecule has 0 amide bonds. The summed E-state index contributed by atoms with van der Waals surface area (Å²) in [5, 5.41) is 8.33. The molecule has 0 aliphatic heterocycles. The molecule has 0 aromatic heterocycles. The van der Waals surface area contributed by atoms with Crippen molar-refractivity contribution in [3.8, 4) is 0 Å². The van der Waals surface area contributed by atoms with Crippen LogP contribution in [0.3, 0.4) is 0 Å². The highest BCUT2D eigenvalue weighted by atomic mass is 31.2. The van der Waals surface area contributed by atoms with E-state index in [-0.39, 0.29) is 0 Å². The molecule has 0 saturated heterocycles. The standard InChI is InChI=1S/C12H28P.C6H14N2O2/c1-5-9-13(10-6-2,11-7-3)12-8-4;7-4-2-1-3-5(8)6(9)10/h5-12H2,1-4H3;5H,1-4,7-8H2,(H,9,10)/q+1;. The summed E-state index contributed by atoms with van der Waals surface area (Å²) in [6.07, 6.45) is 14.0. The number of carbonyl (C=O) groups is 1. The summed E-state index contributed by atoms with van der Waals surface area (Å²) in [7, 11) is -0.496. The molecule has 0 fully saturated rings. The molecule has 0 saturated carbocycles. The van der Waals surface area contributed by atoms with Gasteiger partial charge >= 0.3 is 5.97 Å². The Morgan fingerprint density at radius 2 is 1.30 bits per heavy atom. The molecule has 0 aromatic carbocycles. The van der Waals surface area contributed by atoms with Crippen LogP contribution < -0.4 is 11.5 Å². The minimum Gasteiger partial charge on any atom is -0.480 e. The Balaban J connectivity index is 0. The molecule has 0 aliphatic carbocycles. The van der Waals surface area contributed by atoms with Crippen LogP contribution >= 0.6 is 7.26 Å². The van der Waals surface area contributed by atoms with E-state index in [4.69, 9.17) is 16.6 Å². The molecule has 0 radical (unpaired) electrons. The molecule has 0 aromatic rings. The van der Waals surface area contributed by atoms with Crippen LogP contribution in [0.4, 0.5) is 0 Å². The van der Waals surface area contributed by atoms with E-state index in [1.54, 1.807) is 24.6 Å². The SMILES string of the molecule is CCC[P+](CCC)(CCC)CCC.NCCCCC(N)C(=O)O. The first kappa shape index (κ1) is 25.1. The van der Waals surface area contributed by atoms with Gasteiger partial charge in [-0.2, -0.15) is 0 Å². The van der Waals surface area contributed by atoms with E-state index in [0.29, 0.717) is 13.0 Å². The summed E-state index contributed by atoms with van der Waals surface area (Å²) in [6, 6.07) is -0.716. The third-order valence-electron chi connectivity index (χ3n) is 4.08. The van der Waals surface area contributed by atoms with Gasteiger partial charge in [-0.3, -0.25) is 4.79 Å². The number of rotatable bonds is 13. The van der Waals surface area contributed by atoms with Crippen LogP contribution in [-0.4, -0.2) is 48.3 Å². The van der Waals surface area contributed by atoms with E-state index in [0.717, 1.165) is 12.8 Å². The Bertz CT molecular complexity index is 246. The number of hydrogen-bond donors (Lipinski definition) is 3. The summed E-state index contributed by atoms with van der Waals surface area (Å²) >= 11 is 0. The van der Waals surface area contributed by atoms with Crippen molar-refractivity contribution >= 4 is 13.2 Å². The van der Waals surface area contributed by atoms with Crippen LogP contribution in [0.2, 0.25) is 0 Å². The van der Waals surface area contributed by atoms with Gasteiger partial charge in [-0.05, 0) is 45.1 Å². The van der Waals surface area contributed by atoms with Gasteiger partial charge in [0.25, 0.3) is 0 Å². The fourth-order valence-electron chi connectivity index (χ4n) is 3.20. The summed E-state index contributed by atoms with van der Waals surface area (Å²) in [5.74, 6) is -0.933. The number of aliphatic carboxylic acids is 1. The van der Waals surface area contributed by atoms with E-state index >= 15 is 0 Å². The van der Waals surface area contributed by atoms with Crippen LogP contribution in [-0.2, 0) is 4.79 Å². The smallest absolute Gasteiger partial charge is 0.320 e. The van der Waals surface area contributed by atoms with Gasteiger partial charge in [0.15, 0.2) is 0 Å². The van der Waals surface area contributed by atoms with E-state index in [9.17, 15) is 4.79 Å². The predicted octanol–water partition coefficient (Wildman–Crippen LogP) is 4.17. The van der Waals surface area contributed by atoms with Gasteiger partial charge in [-0.15, -0.1) is 0 Å². The number of carboxylic acids is 1. The summed E-state index contributed by atoms with van der Waals surface area (Å²) in [6.45, 7) is 10.0. The van der Waals surface area contributed by atoms with Crippen LogP contribution in [0, 0.1) is 0 Å². The van der Waals surface area contributed by atoms with E-state index in [2.05, 4.69) is 27.7 Å². The summed E-state index contributed by atoms with van der Waals surface area (Å²) < 4.78 is 0. The first-order valence-electron chi connectivity index (χ1n) is 9.46. The second-order valence-corrected chi connectivity index (χ2v) is 10.9. The van der Waals surface area contributed by atoms with Gasteiger partial charge < -0.3 is 16.6 Å². The lowest BCUT2D eigenvalue weighted by molar-refractivity contribution is -0.138. The third-order valence-corrected chi connectivity index (χ3v) is 9.66. The van der Waals surface area contributed by atoms with Crippen LogP contribution in [0.5, 0.6) is 0 Å². The molecule has 0 bridgehead atoms. The largest absolute Gasteiger partial charge is 0.480 e. The maximum Gasteiger partial charge on any atom is 0.320 e. The molecule has 140 valence electrons. The first-order chi connectivity index (χ1) is 10.9. The van der Waals surface area contributed by atoms with Crippen LogP contribution in [0.25, 0.3) is 0 Å². The first-order valence-corrected chi connectivity index (χ1v) is 12.0. The van der Waals surface area contributed by atoms with E-state index in [1.807, 2.05) is 0 Å². The summed E-state index contributed by atoms with van der Waals surface area (Å²) in [5.41, 5.74) is 10.4. The lowest BCUT2D eigenvalue weighted by Crippen LogP contribution is -2.29. The maximum absolute atomic E-state index is 10.1. The highest BCUT2D eigenvalue weighted by Gasteiger charge is 2.32. The van der Waals surface area contributed by atoms with Crippen molar-refractivity contribution in [2.75, 3.05) is 31.2 Å². The normalized spacial score (nSPS) is 12.4. The van der Waals surface area contributed by atoms with Gasteiger partial charge in [0.05, 0.1) is 24.6 Å².